The van der Waals surface area contributed by atoms with Crippen molar-refractivity contribution < 1.29 is 9.21 Å². The Labute approximate surface area is 143 Å². The molecule has 3 rings (SSSR count). The highest BCUT2D eigenvalue weighted by atomic mass is 16.4. The molecule has 2 unspecified atom stereocenters. The number of carbonyl (C=O) groups excluding carboxylic acids is 1. The predicted octanol–water partition coefficient (Wildman–Crippen LogP) is 3.69. The number of hydrogen-bond acceptors (Lipinski definition) is 4. The summed E-state index contributed by atoms with van der Waals surface area (Å²) < 4.78 is 5.65. The van der Waals surface area contributed by atoms with Gasteiger partial charge in [0.1, 0.15) is 0 Å². The maximum Gasteiger partial charge on any atom is 0.224 e. The Hall–Kier alpha value is -2.17. The summed E-state index contributed by atoms with van der Waals surface area (Å²) in [5, 5.41) is 8.11. The van der Waals surface area contributed by atoms with Crippen LogP contribution in [0.4, 0.5) is 0 Å². The van der Waals surface area contributed by atoms with Crippen molar-refractivity contribution in [3.63, 3.8) is 0 Å². The van der Waals surface area contributed by atoms with Crippen LogP contribution in [0.25, 0.3) is 0 Å². The van der Waals surface area contributed by atoms with E-state index in [-0.39, 0.29) is 11.8 Å². The summed E-state index contributed by atoms with van der Waals surface area (Å²) in [5.74, 6) is 1.06. The van der Waals surface area contributed by atoms with Crippen molar-refractivity contribution in [1.82, 2.24) is 15.1 Å². The number of benzene rings is 1. The van der Waals surface area contributed by atoms with Crippen molar-refractivity contribution in [2.45, 2.75) is 57.9 Å². The number of hydrogen-bond donors (Lipinski definition) is 0. The third-order valence-corrected chi connectivity index (χ3v) is 4.84. The fourth-order valence-electron chi connectivity index (χ4n) is 3.53. The molecule has 0 aliphatic carbocycles. The second-order valence-electron chi connectivity index (χ2n) is 6.47. The summed E-state index contributed by atoms with van der Waals surface area (Å²) in [5.41, 5.74) is 1.04. The molecule has 1 saturated heterocycles. The van der Waals surface area contributed by atoms with E-state index in [1.165, 1.54) is 6.42 Å². The molecule has 0 N–H and O–H groups in total. The Bertz CT molecular complexity index is 668. The minimum Gasteiger partial charge on any atom is -0.425 e. The van der Waals surface area contributed by atoms with Crippen molar-refractivity contribution in [3.05, 3.63) is 47.7 Å². The molecule has 1 aromatic carbocycles. The normalized spacial score (nSPS) is 19.2. The molecule has 5 heteroatoms. The predicted molar refractivity (Wildman–Crippen MR) is 91.6 cm³/mol. The van der Waals surface area contributed by atoms with Crippen molar-refractivity contribution in [2.24, 2.45) is 0 Å². The van der Waals surface area contributed by atoms with E-state index in [4.69, 9.17) is 4.42 Å². The number of piperidine rings is 1. The lowest BCUT2D eigenvalue weighted by molar-refractivity contribution is -0.135. The zero-order chi connectivity index (χ0) is 16.9. The van der Waals surface area contributed by atoms with Gasteiger partial charge in [-0.15, -0.1) is 10.2 Å². The van der Waals surface area contributed by atoms with Gasteiger partial charge >= 0.3 is 0 Å². The maximum absolute atomic E-state index is 13.0. The average Bonchev–Trinajstić information content (AvgIpc) is 3.06. The summed E-state index contributed by atoms with van der Waals surface area (Å²) in [4.78, 5) is 15.0. The van der Waals surface area contributed by atoms with Crippen molar-refractivity contribution in [2.75, 3.05) is 6.54 Å². The molecule has 1 aliphatic rings. The SMILES string of the molecule is CCC1CCCCN1C(=O)CC(c1ccccc1)c1nnc(C)o1. The number of amides is 1. The quantitative estimate of drug-likeness (QED) is 0.840. The Morgan fingerprint density at radius 2 is 2.08 bits per heavy atom. The lowest BCUT2D eigenvalue weighted by atomic mass is 9.93. The van der Waals surface area contributed by atoms with Crippen LogP contribution in [0.1, 0.15) is 62.3 Å². The molecule has 2 atom stereocenters. The molecule has 2 heterocycles. The standard InChI is InChI=1S/C19H25N3O2/c1-3-16-11-7-8-12-22(16)18(23)13-17(15-9-5-4-6-10-15)19-21-20-14(2)24-19/h4-6,9-10,16-17H,3,7-8,11-13H2,1-2H3. The second kappa shape index (κ2) is 7.60. The van der Waals surface area contributed by atoms with Crippen LogP contribution in [0.3, 0.4) is 0 Å². The van der Waals surface area contributed by atoms with Crippen LogP contribution >= 0.6 is 0 Å². The Balaban J connectivity index is 1.82. The van der Waals surface area contributed by atoms with Gasteiger partial charge in [0, 0.05) is 25.9 Å². The van der Waals surface area contributed by atoms with E-state index in [9.17, 15) is 4.79 Å². The van der Waals surface area contributed by atoms with Crippen LogP contribution in [-0.4, -0.2) is 33.6 Å². The van der Waals surface area contributed by atoms with Gasteiger partial charge in [-0.3, -0.25) is 4.79 Å². The first-order valence-corrected chi connectivity index (χ1v) is 8.83. The van der Waals surface area contributed by atoms with E-state index in [0.29, 0.717) is 24.2 Å². The molecular weight excluding hydrogens is 302 g/mol. The average molecular weight is 327 g/mol. The fraction of sp³-hybridized carbons (Fsp3) is 0.526. The summed E-state index contributed by atoms with van der Waals surface area (Å²) in [6.07, 6.45) is 4.81. The van der Waals surface area contributed by atoms with Crippen LogP contribution < -0.4 is 0 Å². The molecule has 5 nitrogen and oxygen atoms in total. The van der Waals surface area contributed by atoms with Gasteiger partial charge in [0.2, 0.25) is 17.7 Å². The molecule has 0 bridgehead atoms. The first kappa shape index (κ1) is 16.7. The van der Waals surface area contributed by atoms with Gasteiger partial charge in [-0.05, 0) is 31.2 Å². The van der Waals surface area contributed by atoms with Gasteiger partial charge in [0.25, 0.3) is 0 Å². The monoisotopic (exact) mass is 327 g/mol. The lowest BCUT2D eigenvalue weighted by Crippen LogP contribution is -2.43. The van der Waals surface area contributed by atoms with Gasteiger partial charge in [-0.1, -0.05) is 37.3 Å². The highest BCUT2D eigenvalue weighted by Crippen LogP contribution is 2.29. The molecule has 128 valence electrons. The van der Waals surface area contributed by atoms with Crippen LogP contribution in [0, 0.1) is 6.92 Å². The van der Waals surface area contributed by atoms with Crippen molar-refractivity contribution in [1.29, 1.82) is 0 Å². The van der Waals surface area contributed by atoms with Crippen LogP contribution in [0.15, 0.2) is 34.7 Å². The Morgan fingerprint density at radius 1 is 1.29 bits per heavy atom. The second-order valence-corrected chi connectivity index (χ2v) is 6.47. The van der Waals surface area contributed by atoms with E-state index in [0.717, 1.165) is 31.4 Å². The highest BCUT2D eigenvalue weighted by Gasteiger charge is 2.30. The number of nitrogens with zero attached hydrogens (tertiary/aromatic N) is 3. The number of aryl methyl sites for hydroxylation is 1. The number of aromatic nitrogens is 2. The number of carbonyl (C=O) groups is 1. The van der Waals surface area contributed by atoms with Crippen LogP contribution in [-0.2, 0) is 4.79 Å². The molecule has 1 aliphatic heterocycles. The molecule has 1 fully saturated rings. The van der Waals surface area contributed by atoms with Crippen molar-refractivity contribution in [3.8, 4) is 0 Å². The fourth-order valence-corrected chi connectivity index (χ4v) is 3.53. The molecule has 1 amide bonds. The first-order chi connectivity index (χ1) is 11.7. The van der Waals surface area contributed by atoms with E-state index < -0.39 is 0 Å². The number of likely N-dealkylation sites (tertiary alicyclic amines) is 1. The van der Waals surface area contributed by atoms with Gasteiger partial charge in [-0.25, -0.2) is 0 Å². The maximum atomic E-state index is 13.0. The third-order valence-electron chi connectivity index (χ3n) is 4.84. The van der Waals surface area contributed by atoms with Crippen molar-refractivity contribution >= 4 is 5.91 Å². The summed E-state index contributed by atoms with van der Waals surface area (Å²) >= 11 is 0. The molecule has 2 aromatic rings. The minimum atomic E-state index is -0.181. The van der Waals surface area contributed by atoms with E-state index >= 15 is 0 Å². The molecule has 0 spiro atoms. The number of rotatable bonds is 5. The Morgan fingerprint density at radius 3 is 2.75 bits per heavy atom. The Kier molecular flexibility index (Phi) is 5.28. The summed E-state index contributed by atoms with van der Waals surface area (Å²) in [6, 6.07) is 10.3. The van der Waals surface area contributed by atoms with Gasteiger partial charge in [-0.2, -0.15) is 0 Å². The zero-order valence-electron chi connectivity index (χ0n) is 14.4. The largest absolute Gasteiger partial charge is 0.425 e. The molecule has 1 aromatic heterocycles. The van der Waals surface area contributed by atoms with E-state index in [1.54, 1.807) is 6.92 Å². The molecule has 0 saturated carbocycles. The minimum absolute atomic E-state index is 0.181. The topological polar surface area (TPSA) is 59.2 Å². The van der Waals surface area contributed by atoms with Gasteiger partial charge in [0.05, 0.1) is 5.92 Å². The molecule has 24 heavy (non-hydrogen) atoms. The lowest BCUT2D eigenvalue weighted by Gasteiger charge is -2.36. The van der Waals surface area contributed by atoms with Gasteiger partial charge in [0.15, 0.2) is 0 Å². The molecular formula is C19H25N3O2. The van der Waals surface area contributed by atoms with E-state index in [1.807, 2.05) is 30.3 Å². The van der Waals surface area contributed by atoms with Crippen LogP contribution in [0.2, 0.25) is 0 Å². The first-order valence-electron chi connectivity index (χ1n) is 8.83. The summed E-state index contributed by atoms with van der Waals surface area (Å²) in [6.45, 7) is 4.80. The van der Waals surface area contributed by atoms with E-state index in [2.05, 4.69) is 22.0 Å². The summed E-state index contributed by atoms with van der Waals surface area (Å²) in [7, 11) is 0. The van der Waals surface area contributed by atoms with Gasteiger partial charge < -0.3 is 9.32 Å². The smallest absolute Gasteiger partial charge is 0.224 e. The molecule has 0 radical (unpaired) electrons. The zero-order valence-corrected chi connectivity index (χ0v) is 14.4. The van der Waals surface area contributed by atoms with Crippen LogP contribution in [0.5, 0.6) is 0 Å². The third kappa shape index (κ3) is 3.66. The highest BCUT2D eigenvalue weighted by molar-refractivity contribution is 5.78.